The molecule has 0 radical (unpaired) electrons. The van der Waals surface area contributed by atoms with Gasteiger partial charge < -0.3 is 5.11 Å². The summed E-state index contributed by atoms with van der Waals surface area (Å²) in [5.41, 5.74) is 0.449. The fourth-order valence-corrected chi connectivity index (χ4v) is 2.75. The van der Waals surface area contributed by atoms with Gasteiger partial charge in [-0.2, -0.15) is 0 Å². The van der Waals surface area contributed by atoms with E-state index in [2.05, 4.69) is 4.98 Å². The van der Waals surface area contributed by atoms with Crippen molar-refractivity contribution in [1.29, 1.82) is 0 Å². The van der Waals surface area contributed by atoms with Crippen LogP contribution in [0.5, 0.6) is 0 Å². The molecule has 0 aliphatic heterocycles. The molecule has 6 nitrogen and oxygen atoms in total. The normalized spacial score (nSPS) is 10.4. The molecule has 0 fully saturated rings. The van der Waals surface area contributed by atoms with Crippen molar-refractivity contribution < 1.29 is 14.8 Å². The number of benzene rings is 1. The highest BCUT2D eigenvalue weighted by atomic mass is 35.5. The summed E-state index contributed by atoms with van der Waals surface area (Å²) in [5, 5.41) is 20.3. The van der Waals surface area contributed by atoms with Gasteiger partial charge in [0, 0.05) is 16.7 Å². The number of hydrogen-bond donors (Lipinski definition) is 1. The molecule has 0 saturated carbocycles. The lowest BCUT2D eigenvalue weighted by molar-refractivity contribution is -0.388. The molecule has 108 valence electrons. The van der Waals surface area contributed by atoms with Crippen LogP contribution in [0, 0.1) is 17.0 Å². The standard InChI is InChI=1S/C13H9ClN2O4S/c1-7-2-5-11(16(19)20)12(15-7)21-8-3-4-10(14)9(6-8)13(17)18/h2-6H,1H3,(H,17,18). The summed E-state index contributed by atoms with van der Waals surface area (Å²) < 4.78 is 0. The Balaban J connectivity index is 2.43. The van der Waals surface area contributed by atoms with Crippen LogP contribution in [0.25, 0.3) is 0 Å². The van der Waals surface area contributed by atoms with Crippen LogP contribution in [-0.4, -0.2) is 21.0 Å². The first-order valence-electron chi connectivity index (χ1n) is 5.71. The Morgan fingerprint density at radius 2 is 2.10 bits per heavy atom. The average molecular weight is 325 g/mol. The van der Waals surface area contributed by atoms with E-state index in [1.807, 2.05) is 0 Å². The summed E-state index contributed by atoms with van der Waals surface area (Å²) in [6.07, 6.45) is 0. The van der Waals surface area contributed by atoms with Crippen molar-refractivity contribution in [3.63, 3.8) is 0 Å². The lowest BCUT2D eigenvalue weighted by Crippen LogP contribution is -1.98. The van der Waals surface area contributed by atoms with Crippen molar-refractivity contribution in [3.05, 3.63) is 56.7 Å². The molecule has 0 aliphatic rings. The second-order valence-corrected chi connectivity index (χ2v) is 5.55. The Labute approximate surface area is 128 Å². The van der Waals surface area contributed by atoms with E-state index in [-0.39, 0.29) is 21.3 Å². The van der Waals surface area contributed by atoms with Crippen LogP contribution in [0.3, 0.4) is 0 Å². The molecule has 1 aromatic heterocycles. The molecule has 0 amide bonds. The van der Waals surface area contributed by atoms with Crippen molar-refractivity contribution in [2.24, 2.45) is 0 Å². The van der Waals surface area contributed by atoms with Crippen LogP contribution in [-0.2, 0) is 0 Å². The summed E-state index contributed by atoms with van der Waals surface area (Å²) in [5.74, 6) is -1.16. The van der Waals surface area contributed by atoms with E-state index in [0.717, 1.165) is 11.8 Å². The van der Waals surface area contributed by atoms with Crippen LogP contribution >= 0.6 is 23.4 Å². The predicted molar refractivity (Wildman–Crippen MR) is 78.2 cm³/mol. The van der Waals surface area contributed by atoms with Crippen LogP contribution in [0.4, 0.5) is 5.69 Å². The number of pyridine rings is 1. The number of aromatic carboxylic acids is 1. The van der Waals surface area contributed by atoms with Gasteiger partial charge in [0.25, 0.3) is 0 Å². The summed E-state index contributed by atoms with van der Waals surface area (Å²) in [6.45, 7) is 1.72. The lowest BCUT2D eigenvalue weighted by Gasteiger charge is -2.05. The maximum Gasteiger partial charge on any atom is 0.337 e. The van der Waals surface area contributed by atoms with Crippen molar-refractivity contribution in [1.82, 2.24) is 4.98 Å². The van der Waals surface area contributed by atoms with Crippen LogP contribution in [0.1, 0.15) is 16.1 Å². The Kier molecular flexibility index (Phi) is 4.44. The number of carbonyl (C=O) groups is 1. The van der Waals surface area contributed by atoms with Crippen molar-refractivity contribution in [3.8, 4) is 0 Å². The maximum absolute atomic E-state index is 11.0. The number of hydrogen-bond acceptors (Lipinski definition) is 5. The summed E-state index contributed by atoms with van der Waals surface area (Å²) in [6, 6.07) is 7.32. The topological polar surface area (TPSA) is 93.3 Å². The lowest BCUT2D eigenvalue weighted by atomic mass is 10.2. The van der Waals surface area contributed by atoms with E-state index >= 15 is 0 Å². The quantitative estimate of drug-likeness (QED) is 0.679. The minimum Gasteiger partial charge on any atom is -0.478 e. The second-order valence-electron chi connectivity index (χ2n) is 4.08. The van der Waals surface area contributed by atoms with Crippen LogP contribution < -0.4 is 0 Å². The molecule has 2 aromatic rings. The van der Waals surface area contributed by atoms with E-state index in [0.29, 0.717) is 10.6 Å². The number of aromatic nitrogens is 1. The minimum absolute atomic E-state index is 0.0584. The van der Waals surface area contributed by atoms with Gasteiger partial charge in [0.1, 0.15) is 0 Å². The maximum atomic E-state index is 11.0. The molecule has 0 spiro atoms. The van der Waals surface area contributed by atoms with Gasteiger partial charge in [-0.1, -0.05) is 23.4 Å². The van der Waals surface area contributed by atoms with Crippen molar-refractivity contribution >= 4 is 35.0 Å². The fraction of sp³-hybridized carbons (Fsp3) is 0.0769. The first-order valence-corrected chi connectivity index (χ1v) is 6.90. The first kappa shape index (κ1) is 15.3. The highest BCUT2D eigenvalue weighted by molar-refractivity contribution is 7.99. The molecular weight excluding hydrogens is 316 g/mol. The largest absolute Gasteiger partial charge is 0.478 e. The molecule has 0 bridgehead atoms. The molecule has 1 N–H and O–H groups in total. The molecule has 1 aromatic carbocycles. The first-order chi connectivity index (χ1) is 9.88. The molecule has 0 aliphatic carbocycles. The Bertz CT molecular complexity index is 736. The molecule has 2 rings (SSSR count). The molecule has 0 saturated heterocycles. The number of aryl methyl sites for hydroxylation is 1. The molecule has 0 atom stereocenters. The molecule has 8 heteroatoms. The van der Waals surface area contributed by atoms with Gasteiger partial charge in [-0.15, -0.1) is 0 Å². The van der Waals surface area contributed by atoms with Gasteiger partial charge >= 0.3 is 11.7 Å². The third-order valence-electron chi connectivity index (χ3n) is 2.56. The second kappa shape index (κ2) is 6.11. The minimum atomic E-state index is -1.16. The van der Waals surface area contributed by atoms with E-state index < -0.39 is 10.9 Å². The summed E-state index contributed by atoms with van der Waals surface area (Å²) in [7, 11) is 0. The van der Waals surface area contributed by atoms with Gasteiger partial charge in [-0.3, -0.25) is 10.1 Å². The predicted octanol–water partition coefficient (Wildman–Crippen LogP) is 3.80. The zero-order valence-electron chi connectivity index (χ0n) is 10.7. The van der Waals surface area contributed by atoms with Crippen LogP contribution in [0.15, 0.2) is 40.3 Å². The number of nitro groups is 1. The molecule has 1 heterocycles. The SMILES string of the molecule is Cc1ccc([N+](=O)[O-])c(Sc2ccc(Cl)c(C(=O)O)c2)n1. The number of carboxylic acids is 1. The zero-order chi connectivity index (χ0) is 15.6. The number of carboxylic acid groups (broad SMARTS) is 1. The Hall–Kier alpha value is -2.12. The summed E-state index contributed by atoms with van der Waals surface area (Å²) in [4.78, 5) is 26.1. The highest BCUT2D eigenvalue weighted by Crippen LogP contribution is 2.34. The smallest absolute Gasteiger partial charge is 0.337 e. The highest BCUT2D eigenvalue weighted by Gasteiger charge is 2.18. The Morgan fingerprint density at radius 1 is 1.38 bits per heavy atom. The average Bonchev–Trinajstić information content (AvgIpc) is 2.40. The Morgan fingerprint density at radius 3 is 2.71 bits per heavy atom. The third-order valence-corrected chi connectivity index (χ3v) is 3.87. The van der Waals surface area contributed by atoms with Gasteiger partial charge in [0.05, 0.1) is 15.5 Å². The fourth-order valence-electron chi connectivity index (χ4n) is 1.58. The molecular formula is C13H9ClN2O4S. The number of rotatable bonds is 4. The monoisotopic (exact) mass is 324 g/mol. The number of halogens is 1. The molecule has 0 unspecified atom stereocenters. The summed E-state index contributed by atoms with van der Waals surface area (Å²) >= 11 is 6.81. The zero-order valence-corrected chi connectivity index (χ0v) is 12.3. The third kappa shape index (κ3) is 3.50. The van der Waals surface area contributed by atoms with E-state index in [4.69, 9.17) is 16.7 Å². The van der Waals surface area contributed by atoms with E-state index in [9.17, 15) is 14.9 Å². The van der Waals surface area contributed by atoms with Gasteiger partial charge in [0.15, 0.2) is 5.03 Å². The number of nitrogens with zero attached hydrogens (tertiary/aromatic N) is 2. The van der Waals surface area contributed by atoms with Gasteiger partial charge in [-0.25, -0.2) is 9.78 Å². The molecule has 21 heavy (non-hydrogen) atoms. The van der Waals surface area contributed by atoms with Gasteiger partial charge in [0.2, 0.25) is 0 Å². The van der Waals surface area contributed by atoms with Crippen molar-refractivity contribution in [2.75, 3.05) is 0 Å². The van der Waals surface area contributed by atoms with Crippen molar-refractivity contribution in [2.45, 2.75) is 16.8 Å². The van der Waals surface area contributed by atoms with E-state index in [1.54, 1.807) is 19.1 Å². The van der Waals surface area contributed by atoms with Crippen LogP contribution in [0.2, 0.25) is 5.02 Å². The van der Waals surface area contributed by atoms with Gasteiger partial charge in [-0.05, 0) is 31.2 Å². The van der Waals surface area contributed by atoms with E-state index in [1.165, 1.54) is 18.2 Å².